The molecule has 0 fully saturated rings. The molecule has 2 aromatic rings. The second-order valence-corrected chi connectivity index (χ2v) is 10.6. The first-order valence-corrected chi connectivity index (χ1v) is 15.0. The van der Waals surface area contributed by atoms with Crippen molar-refractivity contribution in [3.05, 3.63) is 54.1 Å². The molecule has 6 nitrogen and oxygen atoms in total. The number of imidazole rings is 1. The molecule has 0 saturated heterocycles. The minimum absolute atomic E-state index is 0.190. The Kier molecular flexibility index (Phi) is 17.5. The van der Waals surface area contributed by atoms with Crippen molar-refractivity contribution in [2.75, 3.05) is 26.9 Å². The Hall–Kier alpha value is -2.18. The molecule has 1 unspecified atom stereocenters. The Morgan fingerprint density at radius 3 is 1.95 bits per heavy atom. The van der Waals surface area contributed by atoms with Crippen molar-refractivity contribution >= 4 is 5.97 Å². The molecule has 0 aliphatic carbocycles. The molecular weight excluding hydrogens is 476 g/mol. The fourth-order valence-corrected chi connectivity index (χ4v) is 4.60. The second kappa shape index (κ2) is 20.7. The molecule has 1 atom stereocenters. The zero-order chi connectivity index (χ0) is 27.3. The standard InChI is InChI=1S/C32H53N2O4/c1-4-5-6-7-8-9-10-11-12-13-14-15-16-17-24-37-26-31(36-3)27-38-32(35)30-20-18-29(19-21-30)25-34-23-22-33(2)28-34/h18-23,28,31H,4-17,24-27H2,1-3H3/q+1. The largest absolute Gasteiger partial charge is 0.459 e. The Balaban J connectivity index is 1.44. The van der Waals surface area contributed by atoms with Crippen molar-refractivity contribution < 1.29 is 23.6 Å². The average molecular weight is 530 g/mol. The van der Waals surface area contributed by atoms with Crippen molar-refractivity contribution in [3.63, 3.8) is 0 Å². The minimum atomic E-state index is -0.335. The molecule has 0 bridgehead atoms. The van der Waals surface area contributed by atoms with Gasteiger partial charge in [0.1, 0.15) is 31.6 Å². The summed E-state index contributed by atoms with van der Waals surface area (Å²) in [4.78, 5) is 12.4. The summed E-state index contributed by atoms with van der Waals surface area (Å²) < 4.78 is 20.8. The number of unbranched alkanes of at least 4 members (excludes halogenated alkanes) is 13. The van der Waals surface area contributed by atoms with E-state index in [0.717, 1.165) is 25.1 Å². The van der Waals surface area contributed by atoms with Gasteiger partial charge in [0.2, 0.25) is 6.33 Å². The molecule has 0 radical (unpaired) electrons. The number of esters is 1. The Labute approximate surface area is 231 Å². The summed E-state index contributed by atoms with van der Waals surface area (Å²) in [6.45, 7) is 4.40. The Morgan fingerprint density at radius 1 is 0.842 bits per heavy atom. The van der Waals surface area contributed by atoms with E-state index < -0.39 is 0 Å². The highest BCUT2D eigenvalue weighted by atomic mass is 16.6. The third-order valence-corrected chi connectivity index (χ3v) is 7.06. The van der Waals surface area contributed by atoms with Crippen LogP contribution in [-0.2, 0) is 27.8 Å². The molecule has 0 spiro atoms. The summed E-state index contributed by atoms with van der Waals surface area (Å²) in [6, 6.07) is 7.55. The van der Waals surface area contributed by atoms with Gasteiger partial charge < -0.3 is 14.2 Å². The first-order chi connectivity index (χ1) is 18.6. The van der Waals surface area contributed by atoms with Crippen LogP contribution in [0.25, 0.3) is 0 Å². The van der Waals surface area contributed by atoms with Crippen LogP contribution in [0.3, 0.4) is 0 Å². The van der Waals surface area contributed by atoms with Gasteiger partial charge in [-0.05, 0) is 24.1 Å². The maximum absolute atomic E-state index is 12.4. The molecule has 0 saturated carbocycles. The number of carbonyl (C=O) groups is 1. The van der Waals surface area contributed by atoms with Gasteiger partial charge in [-0.25, -0.2) is 13.9 Å². The van der Waals surface area contributed by atoms with Crippen LogP contribution < -0.4 is 4.57 Å². The van der Waals surface area contributed by atoms with Crippen LogP contribution >= 0.6 is 0 Å². The minimum Gasteiger partial charge on any atom is -0.459 e. The lowest BCUT2D eigenvalue weighted by atomic mass is 10.0. The molecule has 1 heterocycles. The van der Waals surface area contributed by atoms with Crippen molar-refractivity contribution in [3.8, 4) is 0 Å². The number of ether oxygens (including phenoxy) is 3. The van der Waals surface area contributed by atoms with Crippen LogP contribution in [-0.4, -0.2) is 43.6 Å². The Bertz CT molecular complexity index is 849. The SMILES string of the molecule is CCCCCCCCCCCCCCCCOCC(COC(=O)c1ccc(Cn2cc[n+](C)c2)cc1)OC. The first-order valence-electron chi connectivity index (χ1n) is 15.0. The van der Waals surface area contributed by atoms with E-state index in [0.29, 0.717) is 12.2 Å². The molecule has 6 heteroatoms. The molecule has 2 rings (SSSR count). The third kappa shape index (κ3) is 14.7. The zero-order valence-electron chi connectivity index (χ0n) is 24.4. The lowest BCUT2D eigenvalue weighted by Gasteiger charge is -2.16. The molecule has 0 amide bonds. The van der Waals surface area contributed by atoms with Crippen molar-refractivity contribution in [2.24, 2.45) is 7.05 Å². The summed E-state index contributed by atoms with van der Waals surface area (Å²) in [5.74, 6) is -0.335. The van der Waals surface area contributed by atoms with Gasteiger partial charge in [0.05, 0.1) is 19.2 Å². The van der Waals surface area contributed by atoms with E-state index in [1.54, 1.807) is 7.11 Å². The first kappa shape index (κ1) is 32.0. The lowest BCUT2D eigenvalue weighted by Crippen LogP contribution is -2.26. The van der Waals surface area contributed by atoms with Gasteiger partial charge in [0, 0.05) is 13.7 Å². The van der Waals surface area contributed by atoms with Crippen LogP contribution in [0.5, 0.6) is 0 Å². The van der Waals surface area contributed by atoms with Crippen molar-refractivity contribution in [1.82, 2.24) is 4.57 Å². The summed E-state index contributed by atoms with van der Waals surface area (Å²) in [5, 5.41) is 0. The molecule has 1 aromatic carbocycles. The summed E-state index contributed by atoms with van der Waals surface area (Å²) >= 11 is 0. The maximum atomic E-state index is 12.4. The van der Waals surface area contributed by atoms with Gasteiger partial charge >= 0.3 is 5.97 Å². The number of rotatable bonds is 23. The molecule has 0 aliphatic rings. The highest BCUT2D eigenvalue weighted by Crippen LogP contribution is 2.13. The summed E-state index contributed by atoms with van der Waals surface area (Å²) in [6.07, 6.45) is 24.7. The van der Waals surface area contributed by atoms with Crippen molar-refractivity contribution in [1.29, 1.82) is 0 Å². The van der Waals surface area contributed by atoms with Gasteiger partial charge in [-0.3, -0.25) is 0 Å². The highest BCUT2D eigenvalue weighted by molar-refractivity contribution is 5.89. The number of methoxy groups -OCH3 is 1. The third-order valence-electron chi connectivity index (χ3n) is 7.06. The van der Waals surface area contributed by atoms with Crippen molar-refractivity contribution in [2.45, 2.75) is 109 Å². The fourth-order valence-electron chi connectivity index (χ4n) is 4.60. The lowest BCUT2D eigenvalue weighted by molar-refractivity contribution is -0.671. The van der Waals surface area contributed by atoms with Gasteiger partial charge in [0.15, 0.2) is 0 Å². The number of carbonyl (C=O) groups excluding carboxylic acids is 1. The second-order valence-electron chi connectivity index (χ2n) is 10.6. The number of aryl methyl sites for hydroxylation is 1. The molecule has 38 heavy (non-hydrogen) atoms. The van der Waals surface area contributed by atoms with Gasteiger partial charge in [0.25, 0.3) is 0 Å². The van der Waals surface area contributed by atoms with E-state index in [2.05, 4.69) is 11.5 Å². The molecule has 0 aliphatic heterocycles. The number of benzene rings is 1. The van der Waals surface area contributed by atoms with E-state index in [9.17, 15) is 4.79 Å². The molecule has 214 valence electrons. The predicted octanol–water partition coefficient (Wildman–Crippen LogP) is 7.03. The number of nitrogens with zero attached hydrogens (tertiary/aromatic N) is 2. The fraction of sp³-hybridized carbons (Fsp3) is 0.688. The van der Waals surface area contributed by atoms with Crippen LogP contribution in [0, 0.1) is 0 Å². The molecule has 0 N–H and O–H groups in total. The molecule has 1 aromatic heterocycles. The van der Waals surface area contributed by atoms with Crippen LogP contribution in [0.1, 0.15) is 113 Å². The quantitative estimate of drug-likeness (QED) is 0.0881. The summed E-state index contributed by atoms with van der Waals surface area (Å²) in [5.41, 5.74) is 1.68. The number of hydrogen-bond donors (Lipinski definition) is 0. The van der Waals surface area contributed by atoms with Crippen LogP contribution in [0.4, 0.5) is 0 Å². The van der Waals surface area contributed by atoms with E-state index in [1.165, 1.54) is 83.5 Å². The van der Waals surface area contributed by atoms with E-state index in [1.807, 2.05) is 54.6 Å². The predicted molar refractivity (Wildman–Crippen MR) is 153 cm³/mol. The number of aromatic nitrogens is 2. The smallest absolute Gasteiger partial charge is 0.338 e. The average Bonchev–Trinajstić information content (AvgIpc) is 3.34. The van der Waals surface area contributed by atoms with Gasteiger partial charge in [-0.1, -0.05) is 103 Å². The normalized spacial score (nSPS) is 12.1. The van der Waals surface area contributed by atoms with Gasteiger partial charge in [-0.2, -0.15) is 0 Å². The van der Waals surface area contributed by atoms with Crippen LogP contribution in [0.2, 0.25) is 0 Å². The molecular formula is C32H53N2O4+. The van der Waals surface area contributed by atoms with Gasteiger partial charge in [-0.15, -0.1) is 0 Å². The van der Waals surface area contributed by atoms with E-state index in [4.69, 9.17) is 14.2 Å². The van der Waals surface area contributed by atoms with E-state index >= 15 is 0 Å². The topological polar surface area (TPSA) is 53.6 Å². The van der Waals surface area contributed by atoms with Crippen LogP contribution in [0.15, 0.2) is 43.0 Å². The monoisotopic (exact) mass is 529 g/mol. The summed E-state index contributed by atoms with van der Waals surface area (Å²) in [7, 11) is 3.62. The Morgan fingerprint density at radius 2 is 1.42 bits per heavy atom. The highest BCUT2D eigenvalue weighted by Gasteiger charge is 2.13. The zero-order valence-corrected chi connectivity index (χ0v) is 24.4. The number of hydrogen-bond acceptors (Lipinski definition) is 4. The maximum Gasteiger partial charge on any atom is 0.338 e. The van der Waals surface area contributed by atoms with E-state index in [-0.39, 0.29) is 18.7 Å².